The summed E-state index contributed by atoms with van der Waals surface area (Å²) in [5.74, 6) is 1.05. The molecule has 152 valence electrons. The maximum absolute atomic E-state index is 13.0. The van der Waals surface area contributed by atoms with Crippen LogP contribution in [0.3, 0.4) is 0 Å². The zero-order chi connectivity index (χ0) is 20.6. The van der Waals surface area contributed by atoms with E-state index in [0.29, 0.717) is 29.7 Å². The minimum Gasteiger partial charge on any atom is -0.493 e. The molecule has 0 aliphatic carbocycles. The highest BCUT2D eigenvalue weighted by Gasteiger charge is 2.11. The molecule has 0 bridgehead atoms. The van der Waals surface area contributed by atoms with Gasteiger partial charge in [-0.3, -0.25) is 0 Å². The second-order valence-corrected chi connectivity index (χ2v) is 7.33. The summed E-state index contributed by atoms with van der Waals surface area (Å²) in [6.07, 6.45) is 0.812. The van der Waals surface area contributed by atoms with E-state index in [1.54, 1.807) is 25.3 Å². The summed E-state index contributed by atoms with van der Waals surface area (Å²) in [6, 6.07) is 18.5. The van der Waals surface area contributed by atoms with Gasteiger partial charge < -0.3 is 14.8 Å². The summed E-state index contributed by atoms with van der Waals surface area (Å²) in [6.45, 7) is 3.87. The molecule has 0 saturated heterocycles. The molecule has 0 aliphatic rings. The second-order valence-electron chi connectivity index (χ2n) is 6.92. The van der Waals surface area contributed by atoms with Crippen LogP contribution in [0.25, 0.3) is 0 Å². The van der Waals surface area contributed by atoms with Gasteiger partial charge >= 0.3 is 0 Å². The van der Waals surface area contributed by atoms with Crippen LogP contribution in [0.2, 0.25) is 5.02 Å². The fourth-order valence-corrected chi connectivity index (χ4v) is 3.16. The van der Waals surface area contributed by atoms with Gasteiger partial charge in [-0.25, -0.2) is 4.39 Å². The molecule has 0 heterocycles. The van der Waals surface area contributed by atoms with Gasteiger partial charge in [-0.2, -0.15) is 0 Å². The van der Waals surface area contributed by atoms with Crippen molar-refractivity contribution in [2.24, 2.45) is 0 Å². The van der Waals surface area contributed by atoms with Crippen LogP contribution in [-0.2, 0) is 19.6 Å². The molecule has 3 rings (SSSR count). The molecule has 0 unspecified atom stereocenters. The molecule has 3 aromatic carbocycles. The van der Waals surface area contributed by atoms with E-state index in [1.165, 1.54) is 17.7 Å². The predicted molar refractivity (Wildman–Crippen MR) is 115 cm³/mol. The topological polar surface area (TPSA) is 30.5 Å². The third-order valence-corrected chi connectivity index (χ3v) is 5.02. The summed E-state index contributed by atoms with van der Waals surface area (Å²) < 4.78 is 24.4. The van der Waals surface area contributed by atoms with Gasteiger partial charge in [0.25, 0.3) is 0 Å². The SMILES string of the molecule is COc1cc(CNCCc2ccc(F)cc2)c(Cl)cc1OCc1ccc(C)cc1. The Balaban J connectivity index is 1.57. The average molecular weight is 414 g/mol. The van der Waals surface area contributed by atoms with Gasteiger partial charge in [0.1, 0.15) is 12.4 Å². The molecule has 3 nitrogen and oxygen atoms in total. The number of hydrogen-bond acceptors (Lipinski definition) is 3. The van der Waals surface area contributed by atoms with Crippen LogP contribution in [0.5, 0.6) is 11.5 Å². The molecular weight excluding hydrogens is 389 g/mol. The molecule has 0 spiro atoms. The van der Waals surface area contributed by atoms with E-state index in [1.807, 2.05) is 18.2 Å². The fraction of sp³-hybridized carbons (Fsp3) is 0.250. The maximum Gasteiger partial charge on any atom is 0.163 e. The first kappa shape index (κ1) is 21.2. The third kappa shape index (κ3) is 6.21. The monoisotopic (exact) mass is 413 g/mol. The number of halogens is 2. The number of nitrogens with one attached hydrogen (secondary N) is 1. The van der Waals surface area contributed by atoms with Gasteiger partial charge in [0.05, 0.1) is 7.11 Å². The van der Waals surface area contributed by atoms with Gasteiger partial charge in [-0.1, -0.05) is 53.6 Å². The Morgan fingerprint density at radius 2 is 1.62 bits per heavy atom. The molecule has 1 N–H and O–H groups in total. The Hall–Kier alpha value is -2.56. The van der Waals surface area contributed by atoms with Crippen LogP contribution in [-0.4, -0.2) is 13.7 Å². The summed E-state index contributed by atoms with van der Waals surface area (Å²) in [5.41, 5.74) is 4.32. The van der Waals surface area contributed by atoms with Crippen molar-refractivity contribution in [3.8, 4) is 11.5 Å². The van der Waals surface area contributed by atoms with E-state index in [0.717, 1.165) is 29.7 Å². The number of hydrogen-bond donors (Lipinski definition) is 1. The molecule has 0 fully saturated rings. The Kier molecular flexibility index (Phi) is 7.50. The van der Waals surface area contributed by atoms with Crippen molar-refractivity contribution in [3.63, 3.8) is 0 Å². The van der Waals surface area contributed by atoms with Gasteiger partial charge in [-0.05, 0) is 54.8 Å². The van der Waals surface area contributed by atoms with Crippen LogP contribution >= 0.6 is 11.6 Å². The first-order chi connectivity index (χ1) is 14.0. The molecule has 0 aliphatic heterocycles. The van der Waals surface area contributed by atoms with Crippen LogP contribution in [0.1, 0.15) is 22.3 Å². The number of rotatable bonds is 9. The minimum absolute atomic E-state index is 0.217. The van der Waals surface area contributed by atoms with Crippen LogP contribution in [0.4, 0.5) is 4.39 Å². The fourth-order valence-electron chi connectivity index (χ4n) is 2.94. The van der Waals surface area contributed by atoms with Crippen molar-refractivity contribution < 1.29 is 13.9 Å². The Morgan fingerprint density at radius 1 is 0.931 bits per heavy atom. The maximum atomic E-state index is 13.0. The number of benzene rings is 3. The molecule has 5 heteroatoms. The Labute approximate surface area is 176 Å². The van der Waals surface area contributed by atoms with Crippen LogP contribution < -0.4 is 14.8 Å². The molecule has 29 heavy (non-hydrogen) atoms. The number of ether oxygens (including phenoxy) is 2. The molecule has 3 aromatic rings. The highest BCUT2D eigenvalue weighted by Crippen LogP contribution is 2.34. The van der Waals surface area contributed by atoms with Gasteiger partial charge in [0, 0.05) is 17.6 Å². The first-order valence-electron chi connectivity index (χ1n) is 9.55. The largest absolute Gasteiger partial charge is 0.493 e. The molecule has 0 aromatic heterocycles. The van der Waals surface area contributed by atoms with E-state index in [2.05, 4.69) is 24.4 Å². The van der Waals surface area contributed by atoms with Gasteiger partial charge in [-0.15, -0.1) is 0 Å². The van der Waals surface area contributed by atoms with Crippen molar-refractivity contribution in [1.29, 1.82) is 0 Å². The lowest BCUT2D eigenvalue weighted by Crippen LogP contribution is -2.17. The first-order valence-corrected chi connectivity index (χ1v) is 9.93. The van der Waals surface area contributed by atoms with E-state index in [9.17, 15) is 4.39 Å². The summed E-state index contributed by atoms with van der Waals surface area (Å²) in [5, 5.41) is 3.99. The lowest BCUT2D eigenvalue weighted by atomic mass is 10.1. The van der Waals surface area contributed by atoms with Gasteiger partial charge in [0.15, 0.2) is 11.5 Å². The predicted octanol–water partition coefficient (Wildman–Crippen LogP) is 5.71. The van der Waals surface area contributed by atoms with Crippen molar-refractivity contribution in [3.05, 3.63) is 93.8 Å². The van der Waals surface area contributed by atoms with Crippen LogP contribution in [0, 0.1) is 12.7 Å². The van der Waals surface area contributed by atoms with Crippen LogP contribution in [0.15, 0.2) is 60.7 Å². The molecule has 0 atom stereocenters. The summed E-state index contributed by atoms with van der Waals surface area (Å²) in [4.78, 5) is 0. The van der Waals surface area contributed by atoms with E-state index in [4.69, 9.17) is 21.1 Å². The lowest BCUT2D eigenvalue weighted by molar-refractivity contribution is 0.284. The van der Waals surface area contributed by atoms with Crippen molar-refractivity contribution in [2.75, 3.05) is 13.7 Å². The van der Waals surface area contributed by atoms with E-state index in [-0.39, 0.29) is 5.82 Å². The average Bonchev–Trinajstić information content (AvgIpc) is 2.73. The highest BCUT2D eigenvalue weighted by molar-refractivity contribution is 6.31. The normalized spacial score (nSPS) is 10.8. The van der Waals surface area contributed by atoms with E-state index >= 15 is 0 Å². The van der Waals surface area contributed by atoms with Crippen molar-refractivity contribution in [1.82, 2.24) is 5.32 Å². The Bertz CT molecular complexity index is 927. The van der Waals surface area contributed by atoms with Crippen molar-refractivity contribution in [2.45, 2.75) is 26.5 Å². The molecule has 0 saturated carbocycles. The molecule has 0 amide bonds. The number of methoxy groups -OCH3 is 1. The van der Waals surface area contributed by atoms with Crippen molar-refractivity contribution >= 4 is 11.6 Å². The summed E-state index contributed by atoms with van der Waals surface area (Å²) >= 11 is 6.46. The molecular formula is C24H25ClFNO2. The number of aryl methyl sites for hydroxylation is 1. The smallest absolute Gasteiger partial charge is 0.163 e. The second kappa shape index (κ2) is 10.3. The highest BCUT2D eigenvalue weighted by atomic mass is 35.5. The molecule has 0 radical (unpaired) electrons. The van der Waals surface area contributed by atoms with Gasteiger partial charge in [0.2, 0.25) is 0 Å². The quantitative estimate of drug-likeness (QED) is 0.456. The minimum atomic E-state index is -0.217. The zero-order valence-electron chi connectivity index (χ0n) is 16.7. The Morgan fingerprint density at radius 3 is 2.31 bits per heavy atom. The zero-order valence-corrected chi connectivity index (χ0v) is 17.4. The third-order valence-electron chi connectivity index (χ3n) is 4.67. The standard InChI is InChI=1S/C24H25ClFNO2/c1-17-3-5-19(6-4-17)16-29-24-14-22(25)20(13-23(24)28-2)15-27-12-11-18-7-9-21(26)10-8-18/h3-10,13-14,27H,11-12,15-16H2,1-2H3. The lowest BCUT2D eigenvalue weighted by Gasteiger charge is -2.14. The van der Waals surface area contributed by atoms with E-state index < -0.39 is 0 Å². The summed E-state index contributed by atoms with van der Waals surface area (Å²) in [7, 11) is 1.62.